The average molecular weight is 367 g/mol. The normalized spacial score (nSPS) is 24.8. The number of H-pyrrole nitrogens is 1. The number of carbonyl (C=O) groups excluding carboxylic acids is 1. The number of carbonyl (C=O) groups is 1. The fraction of sp³-hybridized carbons (Fsp3) is 0.545. The minimum Gasteiger partial charge on any atom is -0.342 e. The van der Waals surface area contributed by atoms with Crippen LogP contribution in [0.4, 0.5) is 0 Å². The third-order valence-electron chi connectivity index (χ3n) is 6.45. The van der Waals surface area contributed by atoms with Crippen molar-refractivity contribution in [3.63, 3.8) is 0 Å². The number of likely N-dealkylation sites (tertiary alicyclic amines) is 1. The Morgan fingerprint density at radius 1 is 1.19 bits per heavy atom. The first kappa shape index (κ1) is 18.1. The van der Waals surface area contributed by atoms with Crippen molar-refractivity contribution in [3.05, 3.63) is 46.4 Å². The predicted octanol–water partition coefficient (Wildman–Crippen LogP) is 3.73. The van der Waals surface area contributed by atoms with Crippen LogP contribution in [0.2, 0.25) is 0 Å². The fourth-order valence-corrected chi connectivity index (χ4v) is 4.80. The molecule has 5 heteroatoms. The molecule has 1 amide bonds. The highest BCUT2D eigenvalue weighted by Gasteiger charge is 2.61. The molecule has 2 atom stereocenters. The maximum Gasteiger partial charge on any atom is 0.326 e. The van der Waals surface area contributed by atoms with Crippen LogP contribution in [0.15, 0.2) is 40.7 Å². The summed E-state index contributed by atoms with van der Waals surface area (Å²) in [4.78, 5) is 30.4. The van der Waals surface area contributed by atoms with Gasteiger partial charge in [0.2, 0.25) is 5.91 Å². The lowest BCUT2D eigenvalue weighted by molar-refractivity contribution is -0.134. The van der Waals surface area contributed by atoms with Gasteiger partial charge in [-0.05, 0) is 50.2 Å². The summed E-state index contributed by atoms with van der Waals surface area (Å²) >= 11 is 0. The molecule has 1 aromatic carbocycles. The molecule has 2 fully saturated rings. The van der Waals surface area contributed by atoms with Crippen molar-refractivity contribution in [2.24, 2.45) is 17.3 Å². The number of nitrogens with zero attached hydrogens (tertiary/aromatic N) is 2. The first-order valence-electron chi connectivity index (χ1n) is 9.93. The Bertz CT molecular complexity index is 953. The van der Waals surface area contributed by atoms with Gasteiger partial charge < -0.3 is 9.88 Å². The van der Waals surface area contributed by atoms with Crippen LogP contribution in [0, 0.1) is 17.3 Å². The third-order valence-corrected chi connectivity index (χ3v) is 6.45. The molecular weight excluding hydrogens is 338 g/mol. The van der Waals surface area contributed by atoms with E-state index in [2.05, 4.69) is 38.8 Å². The summed E-state index contributed by atoms with van der Waals surface area (Å²) in [6.45, 7) is 10.0. The number of rotatable bonds is 3. The van der Waals surface area contributed by atoms with E-state index < -0.39 is 0 Å². The van der Waals surface area contributed by atoms with Crippen LogP contribution >= 0.6 is 0 Å². The molecule has 2 aliphatic rings. The zero-order chi connectivity index (χ0) is 19.3. The summed E-state index contributed by atoms with van der Waals surface area (Å²) < 4.78 is 1.88. The zero-order valence-corrected chi connectivity index (χ0v) is 16.7. The Labute approximate surface area is 160 Å². The lowest BCUT2D eigenvalue weighted by Gasteiger charge is -2.33. The number of nitrogens with one attached hydrogen (secondary N) is 1. The smallest absolute Gasteiger partial charge is 0.326 e. The van der Waals surface area contributed by atoms with E-state index in [4.69, 9.17) is 0 Å². The number of aromatic nitrogens is 2. The lowest BCUT2D eigenvalue weighted by Crippen LogP contribution is -2.41. The van der Waals surface area contributed by atoms with E-state index in [0.717, 1.165) is 37.0 Å². The standard InChI is InChI=1S/C22H29N3O2/c1-14(2)13-16-19(22(16,3)4)20(26)24-11-9-15(10-12-24)25-18-8-6-5-7-17(18)23-21(25)27/h5-8,13,15-16,19H,9-12H2,1-4H3,(H,23,27)/t16-,19-/m1/s1. The highest BCUT2D eigenvalue weighted by Crippen LogP contribution is 2.60. The number of para-hydroxylation sites is 2. The summed E-state index contributed by atoms with van der Waals surface area (Å²) in [5.41, 5.74) is 3.12. The number of hydrogen-bond donors (Lipinski definition) is 1. The van der Waals surface area contributed by atoms with Crippen LogP contribution in [0.3, 0.4) is 0 Å². The van der Waals surface area contributed by atoms with E-state index in [0.29, 0.717) is 5.92 Å². The number of fused-ring (bicyclic) bond motifs is 1. The summed E-state index contributed by atoms with van der Waals surface area (Å²) in [6.07, 6.45) is 3.91. The first-order chi connectivity index (χ1) is 12.8. The van der Waals surface area contributed by atoms with Gasteiger partial charge in [0.15, 0.2) is 0 Å². The molecule has 2 heterocycles. The van der Waals surface area contributed by atoms with Gasteiger partial charge in [0.25, 0.3) is 0 Å². The molecule has 1 N–H and O–H groups in total. The minimum atomic E-state index is -0.0482. The van der Waals surface area contributed by atoms with Gasteiger partial charge in [-0.2, -0.15) is 0 Å². The monoisotopic (exact) mass is 367 g/mol. The number of piperidine rings is 1. The first-order valence-corrected chi connectivity index (χ1v) is 9.93. The number of hydrogen-bond acceptors (Lipinski definition) is 2. The second kappa shape index (κ2) is 6.39. The number of imidazole rings is 1. The summed E-state index contributed by atoms with van der Waals surface area (Å²) in [7, 11) is 0. The van der Waals surface area contributed by atoms with Crippen molar-refractivity contribution >= 4 is 16.9 Å². The van der Waals surface area contributed by atoms with Crippen LogP contribution in [-0.2, 0) is 4.79 Å². The van der Waals surface area contributed by atoms with Gasteiger partial charge in [0.1, 0.15) is 0 Å². The molecule has 4 rings (SSSR count). The van der Waals surface area contributed by atoms with Crippen LogP contribution in [0.1, 0.15) is 46.6 Å². The predicted molar refractivity (Wildman–Crippen MR) is 108 cm³/mol. The molecular formula is C22H29N3O2. The lowest BCUT2D eigenvalue weighted by atomic mass is 10.0. The second-order valence-corrected chi connectivity index (χ2v) is 8.94. The maximum atomic E-state index is 13.1. The highest BCUT2D eigenvalue weighted by molar-refractivity contribution is 5.84. The topological polar surface area (TPSA) is 58.1 Å². The quantitative estimate of drug-likeness (QED) is 0.841. The fourth-order valence-electron chi connectivity index (χ4n) is 4.80. The molecule has 0 bridgehead atoms. The number of allylic oxidation sites excluding steroid dienone is 2. The van der Waals surface area contributed by atoms with Gasteiger partial charge in [0.05, 0.1) is 17.0 Å². The van der Waals surface area contributed by atoms with Crippen molar-refractivity contribution < 1.29 is 4.79 Å². The van der Waals surface area contributed by atoms with Gasteiger partial charge >= 0.3 is 5.69 Å². The summed E-state index contributed by atoms with van der Waals surface area (Å²) in [6, 6.07) is 7.97. The summed E-state index contributed by atoms with van der Waals surface area (Å²) in [5.74, 6) is 0.732. The third kappa shape index (κ3) is 3.03. The van der Waals surface area contributed by atoms with Gasteiger partial charge in [-0.25, -0.2) is 4.79 Å². The van der Waals surface area contributed by atoms with E-state index in [1.165, 1.54) is 5.57 Å². The van der Waals surface area contributed by atoms with Crippen molar-refractivity contribution in [2.75, 3.05) is 13.1 Å². The Morgan fingerprint density at radius 3 is 2.52 bits per heavy atom. The van der Waals surface area contributed by atoms with Crippen LogP contribution in [0.25, 0.3) is 11.0 Å². The van der Waals surface area contributed by atoms with Crippen LogP contribution < -0.4 is 5.69 Å². The SMILES string of the molecule is CC(C)=C[C@@H]1[C@H](C(=O)N2CCC(n3c(=O)[nH]c4ccccc43)CC2)C1(C)C. The van der Waals surface area contributed by atoms with E-state index >= 15 is 0 Å². The number of aromatic amines is 1. The van der Waals surface area contributed by atoms with E-state index in [-0.39, 0.29) is 29.0 Å². The Kier molecular flexibility index (Phi) is 4.28. The highest BCUT2D eigenvalue weighted by atomic mass is 16.2. The van der Waals surface area contributed by atoms with Gasteiger partial charge in [0, 0.05) is 19.1 Å². The Balaban J connectivity index is 1.47. The Hall–Kier alpha value is -2.30. The van der Waals surface area contributed by atoms with Crippen molar-refractivity contribution in [1.29, 1.82) is 0 Å². The molecule has 27 heavy (non-hydrogen) atoms. The molecule has 1 saturated heterocycles. The number of benzene rings is 1. The minimum absolute atomic E-state index is 0.0482. The largest absolute Gasteiger partial charge is 0.342 e. The molecule has 1 aliphatic heterocycles. The second-order valence-electron chi connectivity index (χ2n) is 8.94. The molecule has 0 unspecified atom stereocenters. The molecule has 1 aromatic heterocycles. The molecule has 5 nitrogen and oxygen atoms in total. The molecule has 1 saturated carbocycles. The molecule has 0 radical (unpaired) electrons. The van der Waals surface area contributed by atoms with Gasteiger partial charge in [-0.3, -0.25) is 9.36 Å². The van der Waals surface area contributed by atoms with Crippen LogP contribution in [-0.4, -0.2) is 33.4 Å². The molecule has 1 aliphatic carbocycles. The van der Waals surface area contributed by atoms with Crippen LogP contribution in [0.5, 0.6) is 0 Å². The van der Waals surface area contributed by atoms with Gasteiger partial charge in [-0.15, -0.1) is 0 Å². The molecule has 2 aromatic rings. The summed E-state index contributed by atoms with van der Waals surface area (Å²) in [5, 5.41) is 0. The average Bonchev–Trinajstić information content (AvgIpc) is 2.98. The van der Waals surface area contributed by atoms with Crippen molar-refractivity contribution in [2.45, 2.75) is 46.6 Å². The zero-order valence-electron chi connectivity index (χ0n) is 16.7. The van der Waals surface area contributed by atoms with Gasteiger partial charge in [-0.1, -0.05) is 37.6 Å². The van der Waals surface area contributed by atoms with Crippen molar-refractivity contribution in [1.82, 2.24) is 14.5 Å². The van der Waals surface area contributed by atoms with E-state index in [9.17, 15) is 9.59 Å². The maximum absolute atomic E-state index is 13.1. The van der Waals surface area contributed by atoms with Crippen molar-refractivity contribution in [3.8, 4) is 0 Å². The van der Waals surface area contributed by atoms with E-state index in [1.54, 1.807) is 0 Å². The Morgan fingerprint density at radius 2 is 1.85 bits per heavy atom. The van der Waals surface area contributed by atoms with E-state index in [1.807, 2.05) is 33.7 Å². The molecule has 144 valence electrons. The molecule has 0 spiro atoms. The number of amides is 1.